The smallest absolute Gasteiger partial charge is 0.744 e. The minimum atomic E-state index is -4.25. The van der Waals surface area contributed by atoms with Gasteiger partial charge in [-0.15, -0.1) is 0 Å². The normalized spacial score (nSPS) is 9.36. The number of rotatable bonds is 1. The molecule has 6 heteroatoms. The van der Waals surface area contributed by atoms with E-state index in [1.165, 1.54) is 24.3 Å². The zero-order chi connectivity index (χ0) is 10.3. The van der Waals surface area contributed by atoms with Gasteiger partial charge in [0, 0.05) is 6.61 Å². The molecule has 14 heavy (non-hydrogen) atoms. The Morgan fingerprint density at radius 3 is 1.86 bits per heavy atom. The summed E-state index contributed by atoms with van der Waals surface area (Å²) >= 11 is 0. The Morgan fingerprint density at radius 1 is 1.29 bits per heavy atom. The Bertz CT molecular complexity index is 322. The van der Waals surface area contributed by atoms with Crippen LogP contribution in [0.4, 0.5) is 0 Å². The van der Waals surface area contributed by atoms with Crippen LogP contribution in [0.5, 0.6) is 0 Å². The van der Waals surface area contributed by atoms with Crippen LogP contribution in [0.15, 0.2) is 35.2 Å². The molecule has 1 aromatic rings. The Balaban J connectivity index is 0. The van der Waals surface area contributed by atoms with Crippen LogP contribution in [0.1, 0.15) is 6.92 Å². The van der Waals surface area contributed by atoms with E-state index >= 15 is 0 Å². The fraction of sp³-hybridized carbons (Fsp3) is 0.250. The van der Waals surface area contributed by atoms with Gasteiger partial charge in [-0.1, -0.05) is 18.2 Å². The molecule has 0 saturated carbocycles. The Kier molecular flexibility index (Phi) is 9.91. The van der Waals surface area contributed by atoms with Crippen LogP contribution in [0, 0.1) is 0 Å². The third-order valence-corrected chi connectivity index (χ3v) is 1.88. The molecule has 0 heterocycles. The molecular formula is C8H11NaO4S. The number of aliphatic hydroxyl groups excluding tert-OH is 1. The second-order valence-corrected chi connectivity index (χ2v) is 3.46. The molecule has 1 rings (SSSR count). The first-order valence-corrected chi connectivity index (χ1v) is 5.05. The van der Waals surface area contributed by atoms with Crippen molar-refractivity contribution in [2.24, 2.45) is 0 Å². The Labute approximate surface area is 106 Å². The van der Waals surface area contributed by atoms with Gasteiger partial charge in [-0.3, -0.25) is 0 Å². The van der Waals surface area contributed by atoms with Crippen molar-refractivity contribution in [3.05, 3.63) is 30.3 Å². The van der Waals surface area contributed by atoms with Gasteiger partial charge in [-0.05, 0) is 19.1 Å². The van der Waals surface area contributed by atoms with Crippen LogP contribution in [0.2, 0.25) is 0 Å². The number of hydrogen-bond acceptors (Lipinski definition) is 4. The van der Waals surface area contributed by atoms with E-state index < -0.39 is 10.1 Å². The monoisotopic (exact) mass is 226 g/mol. The summed E-state index contributed by atoms with van der Waals surface area (Å²) in [5, 5.41) is 7.57. The van der Waals surface area contributed by atoms with Crippen LogP contribution in [-0.2, 0) is 10.1 Å². The maximum absolute atomic E-state index is 10.3. The molecule has 1 N–H and O–H groups in total. The zero-order valence-corrected chi connectivity index (χ0v) is 11.0. The Hall–Kier alpha value is 0.0900. The second-order valence-electron chi connectivity index (χ2n) is 2.08. The fourth-order valence-electron chi connectivity index (χ4n) is 0.587. The summed E-state index contributed by atoms with van der Waals surface area (Å²) in [5.41, 5.74) is 0. The van der Waals surface area contributed by atoms with E-state index in [1.54, 1.807) is 13.0 Å². The van der Waals surface area contributed by atoms with Gasteiger partial charge in [0.15, 0.2) is 0 Å². The van der Waals surface area contributed by atoms with Gasteiger partial charge in [0.2, 0.25) is 0 Å². The van der Waals surface area contributed by atoms with Gasteiger partial charge in [0.1, 0.15) is 10.1 Å². The molecule has 0 aliphatic rings. The molecule has 0 bridgehead atoms. The van der Waals surface area contributed by atoms with Gasteiger partial charge < -0.3 is 9.66 Å². The molecule has 0 unspecified atom stereocenters. The third kappa shape index (κ3) is 7.49. The van der Waals surface area contributed by atoms with Crippen molar-refractivity contribution in [3.8, 4) is 0 Å². The van der Waals surface area contributed by atoms with E-state index in [0.717, 1.165) is 0 Å². The molecule has 0 spiro atoms. The van der Waals surface area contributed by atoms with Crippen LogP contribution in [-0.4, -0.2) is 24.7 Å². The summed E-state index contributed by atoms with van der Waals surface area (Å²) < 4.78 is 30.8. The SMILES string of the molecule is CCO.O=S(=O)([O-])c1ccccc1.[Na+]. The maximum Gasteiger partial charge on any atom is 1.00 e. The molecule has 0 aromatic heterocycles. The van der Waals surface area contributed by atoms with E-state index in [0.29, 0.717) is 0 Å². The first-order valence-electron chi connectivity index (χ1n) is 3.64. The average Bonchev–Trinajstić information content (AvgIpc) is 2.06. The molecular weight excluding hydrogens is 215 g/mol. The van der Waals surface area contributed by atoms with Gasteiger partial charge in [-0.2, -0.15) is 0 Å². The van der Waals surface area contributed by atoms with Crippen LogP contribution >= 0.6 is 0 Å². The van der Waals surface area contributed by atoms with Gasteiger partial charge in [0.05, 0.1) is 4.90 Å². The molecule has 1 aromatic carbocycles. The van der Waals surface area contributed by atoms with Gasteiger partial charge in [-0.25, -0.2) is 8.42 Å². The number of hydrogen-bond donors (Lipinski definition) is 1. The molecule has 0 aliphatic heterocycles. The predicted molar refractivity (Wildman–Crippen MR) is 47.2 cm³/mol. The summed E-state index contributed by atoms with van der Waals surface area (Å²) in [6.07, 6.45) is 0. The molecule has 0 aliphatic carbocycles. The van der Waals surface area contributed by atoms with Crippen LogP contribution < -0.4 is 29.6 Å². The first kappa shape index (κ1) is 16.5. The van der Waals surface area contributed by atoms with Crippen molar-refractivity contribution in [1.82, 2.24) is 0 Å². The van der Waals surface area contributed by atoms with Gasteiger partial charge >= 0.3 is 29.6 Å². The molecule has 74 valence electrons. The fourth-order valence-corrected chi connectivity index (χ4v) is 1.08. The van der Waals surface area contributed by atoms with E-state index in [9.17, 15) is 13.0 Å². The van der Waals surface area contributed by atoms with Crippen molar-refractivity contribution < 1.29 is 47.6 Å². The minimum absolute atomic E-state index is 0. The molecule has 0 amide bonds. The third-order valence-electron chi connectivity index (χ3n) is 1.03. The molecule has 0 saturated heterocycles. The van der Waals surface area contributed by atoms with Crippen molar-refractivity contribution >= 4 is 10.1 Å². The molecule has 0 radical (unpaired) electrons. The predicted octanol–water partition coefficient (Wildman–Crippen LogP) is -2.41. The van der Waals surface area contributed by atoms with E-state index in [2.05, 4.69) is 0 Å². The summed E-state index contributed by atoms with van der Waals surface area (Å²) in [5.74, 6) is 0. The average molecular weight is 226 g/mol. The summed E-state index contributed by atoms with van der Waals surface area (Å²) in [6, 6.07) is 7.19. The van der Waals surface area contributed by atoms with Crippen molar-refractivity contribution in [2.75, 3.05) is 6.61 Å². The largest absolute Gasteiger partial charge is 1.00 e. The van der Waals surface area contributed by atoms with Crippen molar-refractivity contribution in [2.45, 2.75) is 11.8 Å². The number of benzene rings is 1. The number of aliphatic hydroxyl groups is 1. The quantitative estimate of drug-likeness (QED) is 0.427. The first-order chi connectivity index (χ1) is 6.02. The second kappa shape index (κ2) is 8.40. The van der Waals surface area contributed by atoms with E-state index in [-0.39, 0.29) is 41.1 Å². The summed E-state index contributed by atoms with van der Waals surface area (Å²) in [6.45, 7) is 1.93. The van der Waals surface area contributed by atoms with Crippen molar-refractivity contribution in [1.29, 1.82) is 0 Å². The van der Waals surface area contributed by atoms with E-state index in [4.69, 9.17) is 5.11 Å². The molecule has 0 atom stereocenters. The van der Waals surface area contributed by atoms with E-state index in [1.807, 2.05) is 0 Å². The Morgan fingerprint density at radius 2 is 1.64 bits per heavy atom. The van der Waals surface area contributed by atoms with Crippen LogP contribution in [0.25, 0.3) is 0 Å². The minimum Gasteiger partial charge on any atom is -0.744 e. The van der Waals surface area contributed by atoms with Crippen molar-refractivity contribution in [3.63, 3.8) is 0 Å². The zero-order valence-electron chi connectivity index (χ0n) is 8.17. The molecule has 0 fully saturated rings. The topological polar surface area (TPSA) is 77.4 Å². The van der Waals surface area contributed by atoms with Gasteiger partial charge in [0.25, 0.3) is 0 Å². The maximum atomic E-state index is 10.3. The molecule has 4 nitrogen and oxygen atoms in total. The summed E-state index contributed by atoms with van der Waals surface area (Å²) in [4.78, 5) is -0.185. The van der Waals surface area contributed by atoms with Crippen LogP contribution in [0.3, 0.4) is 0 Å². The standard InChI is InChI=1S/C6H6O3S.C2H6O.Na/c7-10(8,9)6-4-2-1-3-5-6;1-2-3;/h1-5H,(H,7,8,9);3H,2H2,1H3;/q;;+1/p-1. The summed E-state index contributed by atoms with van der Waals surface area (Å²) in [7, 11) is -4.25.